The Kier molecular flexibility index (Phi) is 2.23. The first-order chi connectivity index (χ1) is 6.79. The van der Waals surface area contributed by atoms with E-state index in [4.69, 9.17) is 5.11 Å². The molecule has 0 aliphatic heterocycles. The van der Waals surface area contributed by atoms with E-state index in [1.54, 1.807) is 29.0 Å². The molecule has 2 aromatic rings. The zero-order chi connectivity index (χ0) is 9.97. The van der Waals surface area contributed by atoms with Crippen LogP contribution in [0.1, 0.15) is 11.6 Å². The lowest BCUT2D eigenvalue weighted by molar-refractivity contribution is 0.265. The highest BCUT2D eigenvalue weighted by Gasteiger charge is 2.05. The Morgan fingerprint density at radius 3 is 2.93 bits per heavy atom. The molecule has 0 radical (unpaired) electrons. The molecule has 0 amide bonds. The van der Waals surface area contributed by atoms with Crippen LogP contribution in [-0.4, -0.2) is 34.6 Å². The summed E-state index contributed by atoms with van der Waals surface area (Å²) >= 11 is 0. The maximum absolute atomic E-state index is 8.92. The van der Waals surface area contributed by atoms with E-state index in [1.165, 1.54) is 0 Å². The summed E-state index contributed by atoms with van der Waals surface area (Å²) in [6.45, 7) is 0.344. The van der Waals surface area contributed by atoms with Gasteiger partial charge in [0.25, 0.3) is 0 Å². The van der Waals surface area contributed by atoms with Crippen LogP contribution in [0.15, 0.2) is 12.7 Å². The van der Waals surface area contributed by atoms with Crippen molar-refractivity contribution in [2.75, 3.05) is 0 Å². The molecule has 2 heterocycles. The van der Waals surface area contributed by atoms with Crippen molar-refractivity contribution in [3.05, 3.63) is 24.3 Å². The third-order valence-corrected chi connectivity index (χ3v) is 1.80. The van der Waals surface area contributed by atoms with Crippen LogP contribution in [0, 0.1) is 0 Å². The van der Waals surface area contributed by atoms with Gasteiger partial charge in [0.1, 0.15) is 19.3 Å². The number of aromatic nitrogens is 6. The first-order valence-corrected chi connectivity index (χ1v) is 4.11. The van der Waals surface area contributed by atoms with Crippen molar-refractivity contribution in [2.45, 2.75) is 13.2 Å². The lowest BCUT2D eigenvalue weighted by Crippen LogP contribution is -2.06. The molecule has 2 rings (SSSR count). The smallest absolute Gasteiger partial charge is 0.170 e. The Morgan fingerprint density at radius 1 is 1.43 bits per heavy atom. The van der Waals surface area contributed by atoms with Crippen LogP contribution in [-0.2, 0) is 20.2 Å². The maximum Gasteiger partial charge on any atom is 0.170 e. The Hall–Kier alpha value is -1.76. The fourth-order valence-corrected chi connectivity index (χ4v) is 1.14. The Morgan fingerprint density at radius 2 is 2.29 bits per heavy atom. The normalized spacial score (nSPS) is 10.7. The minimum absolute atomic E-state index is 0.132. The molecule has 1 N–H and O–H groups in total. The zero-order valence-electron chi connectivity index (χ0n) is 7.70. The van der Waals surface area contributed by atoms with Gasteiger partial charge >= 0.3 is 0 Å². The highest BCUT2D eigenvalue weighted by Crippen LogP contribution is 1.98. The summed E-state index contributed by atoms with van der Waals surface area (Å²) in [5.41, 5.74) is 0. The van der Waals surface area contributed by atoms with Crippen LogP contribution in [0.5, 0.6) is 0 Å². The van der Waals surface area contributed by atoms with Gasteiger partial charge in [0.2, 0.25) is 0 Å². The summed E-state index contributed by atoms with van der Waals surface area (Å²) in [4.78, 5) is 4.06. The fraction of sp³-hybridized carbons (Fsp3) is 0.429. The van der Waals surface area contributed by atoms with E-state index in [2.05, 4.69) is 20.3 Å². The van der Waals surface area contributed by atoms with E-state index in [9.17, 15) is 0 Å². The monoisotopic (exact) mass is 194 g/mol. The van der Waals surface area contributed by atoms with Gasteiger partial charge in [-0.2, -0.15) is 5.10 Å². The molecule has 0 saturated carbocycles. The molecule has 7 nitrogen and oxygen atoms in total. The quantitative estimate of drug-likeness (QED) is 0.674. The number of aryl methyl sites for hydroxylation is 1. The van der Waals surface area contributed by atoms with Crippen molar-refractivity contribution in [1.82, 2.24) is 29.5 Å². The highest BCUT2D eigenvalue weighted by atomic mass is 16.3. The van der Waals surface area contributed by atoms with Crippen LogP contribution in [0.3, 0.4) is 0 Å². The summed E-state index contributed by atoms with van der Waals surface area (Å²) in [6.07, 6.45) is 3.17. The van der Waals surface area contributed by atoms with Gasteiger partial charge in [-0.1, -0.05) is 0 Å². The summed E-state index contributed by atoms with van der Waals surface area (Å²) < 4.78 is 3.33. The molecule has 2 aromatic heterocycles. The van der Waals surface area contributed by atoms with Gasteiger partial charge < -0.3 is 9.67 Å². The Bertz CT molecular complexity index is 419. The second-order valence-electron chi connectivity index (χ2n) is 2.87. The average Bonchev–Trinajstić information content (AvgIpc) is 2.76. The number of hydrogen-bond acceptors (Lipinski definition) is 5. The number of rotatable bonds is 3. The SMILES string of the molecule is Cn1cnc(Cn2cnnc2CO)n1. The number of aliphatic hydroxyl groups excluding tert-OH is 1. The van der Waals surface area contributed by atoms with Gasteiger partial charge in [-0.25, -0.2) is 4.98 Å². The van der Waals surface area contributed by atoms with Gasteiger partial charge in [-0.15, -0.1) is 10.2 Å². The second-order valence-corrected chi connectivity index (χ2v) is 2.87. The van der Waals surface area contributed by atoms with E-state index in [0.29, 0.717) is 18.2 Å². The topological polar surface area (TPSA) is 81.7 Å². The summed E-state index contributed by atoms with van der Waals surface area (Å²) in [7, 11) is 1.80. The second kappa shape index (κ2) is 3.54. The molecule has 0 aliphatic rings. The van der Waals surface area contributed by atoms with Crippen LogP contribution in [0.25, 0.3) is 0 Å². The minimum atomic E-state index is -0.132. The van der Waals surface area contributed by atoms with Gasteiger partial charge in [-0.3, -0.25) is 4.68 Å². The van der Waals surface area contributed by atoms with E-state index in [1.807, 2.05) is 0 Å². The van der Waals surface area contributed by atoms with Crippen molar-refractivity contribution in [1.29, 1.82) is 0 Å². The molecule has 0 aliphatic carbocycles. The molecule has 14 heavy (non-hydrogen) atoms. The van der Waals surface area contributed by atoms with Gasteiger partial charge in [-0.05, 0) is 0 Å². The fourth-order valence-electron chi connectivity index (χ4n) is 1.14. The van der Waals surface area contributed by atoms with Crippen LogP contribution < -0.4 is 0 Å². The Labute approximate surface area is 80.0 Å². The van der Waals surface area contributed by atoms with Crippen LogP contribution >= 0.6 is 0 Å². The predicted molar refractivity (Wildman–Crippen MR) is 46.0 cm³/mol. The number of aliphatic hydroxyl groups is 1. The molecule has 0 saturated heterocycles. The van der Waals surface area contributed by atoms with Gasteiger partial charge in [0.05, 0.1) is 6.54 Å². The van der Waals surface area contributed by atoms with Crippen LogP contribution in [0.2, 0.25) is 0 Å². The third-order valence-electron chi connectivity index (χ3n) is 1.80. The zero-order valence-corrected chi connectivity index (χ0v) is 7.70. The number of nitrogens with zero attached hydrogens (tertiary/aromatic N) is 6. The van der Waals surface area contributed by atoms with Crippen molar-refractivity contribution in [3.63, 3.8) is 0 Å². The maximum atomic E-state index is 8.92. The molecular weight excluding hydrogens is 184 g/mol. The molecule has 0 aromatic carbocycles. The van der Waals surface area contributed by atoms with Gasteiger partial charge in [0, 0.05) is 7.05 Å². The van der Waals surface area contributed by atoms with E-state index in [0.717, 1.165) is 0 Å². The van der Waals surface area contributed by atoms with E-state index in [-0.39, 0.29) is 6.61 Å². The lowest BCUT2D eigenvalue weighted by Gasteiger charge is -1.99. The minimum Gasteiger partial charge on any atom is -0.388 e. The lowest BCUT2D eigenvalue weighted by atomic mass is 10.5. The summed E-state index contributed by atoms with van der Waals surface area (Å²) in [5, 5.41) is 20.5. The first-order valence-electron chi connectivity index (χ1n) is 4.11. The van der Waals surface area contributed by atoms with Gasteiger partial charge in [0.15, 0.2) is 11.6 Å². The summed E-state index contributed by atoms with van der Waals surface area (Å²) in [5.74, 6) is 1.18. The molecule has 0 fully saturated rings. The van der Waals surface area contributed by atoms with Crippen LogP contribution in [0.4, 0.5) is 0 Å². The predicted octanol–water partition coefficient (Wildman–Crippen LogP) is -1.05. The van der Waals surface area contributed by atoms with E-state index >= 15 is 0 Å². The molecule has 0 atom stereocenters. The molecule has 74 valence electrons. The third kappa shape index (κ3) is 1.62. The molecule has 0 bridgehead atoms. The van der Waals surface area contributed by atoms with E-state index < -0.39 is 0 Å². The first kappa shape index (κ1) is 8.82. The standard InChI is InChI=1S/C7H10N6O/c1-12-4-8-6(11-12)2-13-5-9-10-7(13)3-14/h4-5,14H,2-3H2,1H3. The van der Waals surface area contributed by atoms with Crippen molar-refractivity contribution in [2.24, 2.45) is 7.05 Å². The Balaban J connectivity index is 2.18. The van der Waals surface area contributed by atoms with Crippen molar-refractivity contribution < 1.29 is 5.11 Å². The molecule has 7 heteroatoms. The average molecular weight is 194 g/mol. The summed E-state index contributed by atoms with van der Waals surface area (Å²) in [6, 6.07) is 0. The highest BCUT2D eigenvalue weighted by molar-refractivity contribution is 4.90. The van der Waals surface area contributed by atoms with Crippen molar-refractivity contribution in [3.8, 4) is 0 Å². The largest absolute Gasteiger partial charge is 0.388 e. The number of hydrogen-bond donors (Lipinski definition) is 1. The molecule has 0 unspecified atom stereocenters. The van der Waals surface area contributed by atoms with Crippen molar-refractivity contribution >= 4 is 0 Å². The molecule has 0 spiro atoms. The molecular formula is C7H10N6O.